The average molecular weight is 264 g/mol. The van der Waals surface area contributed by atoms with Crippen LogP contribution in [0.4, 0.5) is 10.1 Å². The molecular formula is C15H21FN2O. The lowest BCUT2D eigenvalue weighted by atomic mass is 9.95. The van der Waals surface area contributed by atoms with Crippen LogP contribution < -0.4 is 10.2 Å². The van der Waals surface area contributed by atoms with Crippen molar-refractivity contribution in [2.24, 2.45) is 0 Å². The molecule has 1 unspecified atom stereocenters. The second kappa shape index (κ2) is 5.88. The molecule has 1 aromatic rings. The fourth-order valence-corrected chi connectivity index (χ4v) is 3.01. The molecule has 3 nitrogen and oxygen atoms in total. The highest BCUT2D eigenvalue weighted by Crippen LogP contribution is 2.32. The highest BCUT2D eigenvalue weighted by Gasteiger charge is 2.22. The lowest BCUT2D eigenvalue weighted by molar-refractivity contribution is 0.122. The third kappa shape index (κ3) is 2.90. The highest BCUT2D eigenvalue weighted by atomic mass is 19.1. The number of hydrogen-bond acceptors (Lipinski definition) is 3. The summed E-state index contributed by atoms with van der Waals surface area (Å²) in [6, 6.07) is 5.49. The number of piperidine rings is 1. The van der Waals surface area contributed by atoms with Gasteiger partial charge in [-0.15, -0.1) is 0 Å². The van der Waals surface area contributed by atoms with Crippen LogP contribution in [-0.4, -0.2) is 32.8 Å². The molecule has 1 aromatic carbocycles. The van der Waals surface area contributed by atoms with E-state index >= 15 is 0 Å². The molecule has 1 atom stereocenters. The van der Waals surface area contributed by atoms with Gasteiger partial charge in [-0.3, -0.25) is 0 Å². The van der Waals surface area contributed by atoms with Gasteiger partial charge in [0.2, 0.25) is 0 Å². The van der Waals surface area contributed by atoms with E-state index in [0.29, 0.717) is 6.04 Å². The van der Waals surface area contributed by atoms with Gasteiger partial charge in [-0.25, -0.2) is 4.39 Å². The molecule has 19 heavy (non-hydrogen) atoms. The lowest BCUT2D eigenvalue weighted by Gasteiger charge is -2.33. The van der Waals surface area contributed by atoms with Crippen molar-refractivity contribution in [2.45, 2.75) is 25.3 Å². The summed E-state index contributed by atoms with van der Waals surface area (Å²) in [6.45, 7) is 4.34. The molecule has 0 bridgehead atoms. The molecule has 0 radical (unpaired) electrons. The van der Waals surface area contributed by atoms with E-state index in [1.807, 2.05) is 6.07 Å². The number of anilines is 1. The molecule has 1 N–H and O–H groups in total. The second-order valence-corrected chi connectivity index (χ2v) is 5.31. The average Bonchev–Trinajstić information content (AvgIpc) is 2.49. The van der Waals surface area contributed by atoms with Crippen LogP contribution in [-0.2, 0) is 4.74 Å². The number of benzene rings is 1. The van der Waals surface area contributed by atoms with Gasteiger partial charge >= 0.3 is 0 Å². The topological polar surface area (TPSA) is 24.5 Å². The van der Waals surface area contributed by atoms with Crippen molar-refractivity contribution in [3.05, 3.63) is 29.6 Å². The molecule has 2 saturated heterocycles. The molecule has 104 valence electrons. The van der Waals surface area contributed by atoms with Crippen LogP contribution in [0.15, 0.2) is 18.2 Å². The van der Waals surface area contributed by atoms with Crippen molar-refractivity contribution in [2.75, 3.05) is 37.7 Å². The zero-order valence-corrected chi connectivity index (χ0v) is 11.2. The van der Waals surface area contributed by atoms with Crippen molar-refractivity contribution in [3.8, 4) is 0 Å². The van der Waals surface area contributed by atoms with Crippen molar-refractivity contribution in [3.63, 3.8) is 0 Å². The lowest BCUT2D eigenvalue weighted by Crippen LogP contribution is -2.38. The van der Waals surface area contributed by atoms with E-state index in [2.05, 4.69) is 10.2 Å². The molecule has 0 amide bonds. The Bertz CT molecular complexity index is 426. The third-order valence-corrected chi connectivity index (χ3v) is 4.03. The van der Waals surface area contributed by atoms with Gasteiger partial charge in [0.05, 0.1) is 13.2 Å². The number of nitrogens with zero attached hydrogens (tertiary/aromatic N) is 1. The Kier molecular flexibility index (Phi) is 3.99. The van der Waals surface area contributed by atoms with Gasteiger partial charge in [-0.05, 0) is 43.1 Å². The molecular weight excluding hydrogens is 243 g/mol. The highest BCUT2D eigenvalue weighted by molar-refractivity contribution is 5.55. The number of halogens is 1. The summed E-state index contributed by atoms with van der Waals surface area (Å²) in [4.78, 5) is 2.31. The predicted molar refractivity (Wildman–Crippen MR) is 74.0 cm³/mol. The first-order valence-corrected chi connectivity index (χ1v) is 7.20. The zero-order chi connectivity index (χ0) is 13.1. The Morgan fingerprint density at radius 2 is 2.05 bits per heavy atom. The van der Waals surface area contributed by atoms with Crippen molar-refractivity contribution in [1.82, 2.24) is 5.32 Å². The fourth-order valence-electron chi connectivity index (χ4n) is 3.01. The molecule has 4 heteroatoms. The molecule has 2 aliphatic heterocycles. The summed E-state index contributed by atoms with van der Waals surface area (Å²) in [5.74, 6) is -0.139. The van der Waals surface area contributed by atoms with Gasteiger partial charge in [0.25, 0.3) is 0 Å². The molecule has 3 rings (SSSR count). The van der Waals surface area contributed by atoms with E-state index in [1.54, 1.807) is 12.1 Å². The van der Waals surface area contributed by atoms with E-state index in [9.17, 15) is 4.39 Å². The summed E-state index contributed by atoms with van der Waals surface area (Å²) in [7, 11) is 0. The minimum Gasteiger partial charge on any atom is -0.378 e. The normalized spacial score (nSPS) is 24.5. The maximum Gasteiger partial charge on any atom is 0.123 e. The maximum absolute atomic E-state index is 13.6. The smallest absolute Gasteiger partial charge is 0.123 e. The molecule has 2 aliphatic rings. The van der Waals surface area contributed by atoms with E-state index in [0.717, 1.165) is 44.8 Å². The van der Waals surface area contributed by atoms with Gasteiger partial charge in [0.1, 0.15) is 5.82 Å². The van der Waals surface area contributed by atoms with Gasteiger partial charge in [0.15, 0.2) is 0 Å². The first kappa shape index (κ1) is 12.9. The first-order chi connectivity index (χ1) is 9.34. The number of hydrogen-bond donors (Lipinski definition) is 1. The number of ether oxygens (including phenoxy) is 1. The molecule has 0 saturated carbocycles. The summed E-state index contributed by atoms with van der Waals surface area (Å²) in [5.41, 5.74) is 2.28. The van der Waals surface area contributed by atoms with Crippen LogP contribution in [0.1, 0.15) is 30.9 Å². The van der Waals surface area contributed by atoms with Gasteiger partial charge < -0.3 is 15.0 Å². The van der Waals surface area contributed by atoms with Crippen LogP contribution in [0.25, 0.3) is 0 Å². The first-order valence-electron chi connectivity index (χ1n) is 7.20. The van der Waals surface area contributed by atoms with Crippen LogP contribution >= 0.6 is 0 Å². The molecule has 2 heterocycles. The number of rotatable bonds is 2. The van der Waals surface area contributed by atoms with Crippen LogP contribution in [0.2, 0.25) is 0 Å². The number of morpholine rings is 1. The van der Waals surface area contributed by atoms with E-state index in [4.69, 9.17) is 4.74 Å². The largest absolute Gasteiger partial charge is 0.378 e. The summed E-state index contributed by atoms with van der Waals surface area (Å²) in [6.07, 6.45) is 3.54. The van der Waals surface area contributed by atoms with E-state index in [1.165, 1.54) is 18.5 Å². The van der Waals surface area contributed by atoms with Crippen molar-refractivity contribution >= 4 is 5.69 Å². The van der Waals surface area contributed by atoms with E-state index < -0.39 is 0 Å². The molecule has 2 fully saturated rings. The third-order valence-electron chi connectivity index (χ3n) is 4.03. The summed E-state index contributed by atoms with van der Waals surface area (Å²) < 4.78 is 19.0. The van der Waals surface area contributed by atoms with Crippen LogP contribution in [0.5, 0.6) is 0 Å². The Labute approximate surface area is 113 Å². The minimum absolute atomic E-state index is 0.139. The zero-order valence-electron chi connectivity index (χ0n) is 11.2. The van der Waals surface area contributed by atoms with Gasteiger partial charge in [0, 0.05) is 24.8 Å². The number of nitrogens with one attached hydrogen (secondary N) is 1. The van der Waals surface area contributed by atoms with Gasteiger partial charge in [-0.1, -0.05) is 6.42 Å². The van der Waals surface area contributed by atoms with Crippen molar-refractivity contribution < 1.29 is 9.13 Å². The van der Waals surface area contributed by atoms with E-state index in [-0.39, 0.29) is 5.82 Å². The summed E-state index contributed by atoms with van der Waals surface area (Å²) in [5, 5.41) is 3.52. The summed E-state index contributed by atoms with van der Waals surface area (Å²) >= 11 is 0. The van der Waals surface area contributed by atoms with Crippen LogP contribution in [0.3, 0.4) is 0 Å². The minimum atomic E-state index is -0.139. The molecule has 0 aliphatic carbocycles. The van der Waals surface area contributed by atoms with Gasteiger partial charge in [-0.2, -0.15) is 0 Å². The van der Waals surface area contributed by atoms with Crippen molar-refractivity contribution in [1.29, 1.82) is 0 Å². The monoisotopic (exact) mass is 264 g/mol. The van der Waals surface area contributed by atoms with Crippen LogP contribution in [0, 0.1) is 5.82 Å². The molecule has 0 spiro atoms. The standard InChI is InChI=1S/C15H21FN2O/c16-12-4-5-15(18-7-9-19-10-8-18)13(11-12)14-3-1-2-6-17-14/h4-5,11,14,17H,1-3,6-10H2. The Morgan fingerprint density at radius 3 is 2.79 bits per heavy atom. The Morgan fingerprint density at radius 1 is 1.21 bits per heavy atom. The fraction of sp³-hybridized carbons (Fsp3) is 0.600. The molecule has 0 aromatic heterocycles. The predicted octanol–water partition coefficient (Wildman–Crippen LogP) is 2.48. The SMILES string of the molecule is Fc1ccc(N2CCOCC2)c(C2CCCCN2)c1. The second-order valence-electron chi connectivity index (χ2n) is 5.31. The quantitative estimate of drug-likeness (QED) is 0.888. The Hall–Kier alpha value is -1.13. The Balaban J connectivity index is 1.88. The maximum atomic E-state index is 13.6.